The van der Waals surface area contributed by atoms with Crippen molar-refractivity contribution in [3.05, 3.63) is 12.2 Å². The van der Waals surface area contributed by atoms with Gasteiger partial charge in [0.2, 0.25) is 8.32 Å². The minimum Gasteiger partial charge on any atom is -0.460 e. The minimum absolute atomic E-state index is 0.170. The van der Waals surface area contributed by atoms with Gasteiger partial charge < -0.3 is 13.0 Å². The van der Waals surface area contributed by atoms with Gasteiger partial charge in [0, 0.05) is 5.57 Å². The van der Waals surface area contributed by atoms with E-state index in [0.717, 1.165) is 6.42 Å². The minimum atomic E-state index is -2.19. The molecule has 0 saturated heterocycles. The van der Waals surface area contributed by atoms with Crippen molar-refractivity contribution in [1.29, 1.82) is 0 Å². The summed E-state index contributed by atoms with van der Waals surface area (Å²) >= 11 is 0. The van der Waals surface area contributed by atoms with E-state index in [1.54, 1.807) is 6.92 Å². The Balaban J connectivity index is 5.00. The third-order valence-corrected chi connectivity index (χ3v) is 12.9. The van der Waals surface area contributed by atoms with Gasteiger partial charge in [-0.1, -0.05) is 20.4 Å². The second-order valence-corrected chi connectivity index (χ2v) is 18.9. The quantitative estimate of drug-likeness (QED) is 0.353. The summed E-state index contributed by atoms with van der Waals surface area (Å²) < 4.78 is 18.1. The Morgan fingerprint density at radius 1 is 1.14 bits per heavy atom. The summed E-state index contributed by atoms with van der Waals surface area (Å²) in [4.78, 5) is 11.9. The van der Waals surface area contributed by atoms with Crippen LogP contribution in [0, 0.1) is 5.92 Å². The van der Waals surface area contributed by atoms with E-state index in [9.17, 15) is 4.79 Å². The Hall–Kier alpha value is -0.219. The van der Waals surface area contributed by atoms with Crippen molar-refractivity contribution in [2.75, 3.05) is 0 Å². The largest absolute Gasteiger partial charge is 0.460 e. The summed E-state index contributed by atoms with van der Waals surface area (Å²) in [5.74, 6) is 0.114. The Labute approximate surface area is 140 Å². The Morgan fingerprint density at radius 2 is 1.64 bits per heavy atom. The molecule has 0 radical (unpaired) electrons. The van der Waals surface area contributed by atoms with Gasteiger partial charge in [0.15, 0.2) is 8.32 Å². The molecule has 0 rings (SSSR count). The van der Waals surface area contributed by atoms with E-state index in [1.165, 1.54) is 0 Å². The molecule has 2 unspecified atom stereocenters. The van der Waals surface area contributed by atoms with Gasteiger partial charge in [0.25, 0.3) is 9.28 Å². The van der Waals surface area contributed by atoms with Gasteiger partial charge in [0.1, 0.15) is 5.73 Å². The molecule has 0 N–H and O–H groups in total. The first-order valence-electron chi connectivity index (χ1n) is 7.96. The number of rotatable bonds is 9. The van der Waals surface area contributed by atoms with Crippen LogP contribution in [-0.2, 0) is 17.8 Å². The van der Waals surface area contributed by atoms with E-state index in [1.807, 2.05) is 0 Å². The van der Waals surface area contributed by atoms with Crippen LogP contribution in [0.4, 0.5) is 0 Å². The smallest absolute Gasteiger partial charge is 0.333 e. The number of hydrogen-bond acceptors (Lipinski definition) is 4. The molecule has 0 fully saturated rings. The molecule has 0 aliphatic rings. The van der Waals surface area contributed by atoms with E-state index in [2.05, 4.69) is 59.7 Å². The summed E-state index contributed by atoms with van der Waals surface area (Å²) in [6.07, 6.45) is 0.812. The van der Waals surface area contributed by atoms with Crippen LogP contribution in [0.1, 0.15) is 27.2 Å². The fourth-order valence-corrected chi connectivity index (χ4v) is 12.2. The lowest BCUT2D eigenvalue weighted by Crippen LogP contribution is -2.52. The maximum Gasteiger partial charge on any atom is 0.333 e. The van der Waals surface area contributed by atoms with E-state index in [-0.39, 0.29) is 11.7 Å². The lowest BCUT2D eigenvalue weighted by Gasteiger charge is -2.36. The van der Waals surface area contributed by atoms with Crippen molar-refractivity contribution in [2.24, 2.45) is 5.92 Å². The fraction of sp³-hybridized carbons (Fsp3) is 0.800. The van der Waals surface area contributed by atoms with Crippen LogP contribution in [0.2, 0.25) is 39.3 Å². The fourth-order valence-electron chi connectivity index (χ4n) is 2.16. The summed E-state index contributed by atoms with van der Waals surface area (Å²) in [5, 5.41) is 0. The van der Waals surface area contributed by atoms with Gasteiger partial charge in [-0.15, -0.1) is 0 Å². The highest BCUT2D eigenvalue weighted by Gasteiger charge is 2.39. The molecule has 0 saturated carbocycles. The van der Waals surface area contributed by atoms with Crippen LogP contribution < -0.4 is 0 Å². The van der Waals surface area contributed by atoms with Crippen molar-refractivity contribution < 1.29 is 17.8 Å². The highest BCUT2D eigenvalue weighted by Crippen LogP contribution is 2.23. The van der Waals surface area contributed by atoms with Crippen LogP contribution in [-0.4, -0.2) is 37.6 Å². The van der Waals surface area contributed by atoms with Gasteiger partial charge in [0.05, 0.1) is 0 Å². The molecular formula is C15H34O4Si3. The highest BCUT2D eigenvalue weighted by molar-refractivity contribution is 6.81. The molecule has 0 aliphatic carbocycles. The first-order chi connectivity index (χ1) is 9.74. The average molecular weight is 363 g/mol. The number of hydrogen-bond donors (Lipinski definition) is 0. The predicted octanol–water partition coefficient (Wildman–Crippen LogP) is 3.98. The maximum absolute atomic E-state index is 11.9. The van der Waals surface area contributed by atoms with E-state index in [4.69, 9.17) is 13.0 Å². The molecule has 0 spiro atoms. The summed E-state index contributed by atoms with van der Waals surface area (Å²) in [5.41, 5.74) is 0.263. The van der Waals surface area contributed by atoms with E-state index < -0.39 is 25.9 Å². The lowest BCUT2D eigenvalue weighted by molar-refractivity contribution is -0.142. The first-order valence-corrected chi connectivity index (χ1v) is 16.5. The molecule has 0 aromatic heterocycles. The van der Waals surface area contributed by atoms with Crippen LogP contribution in [0.15, 0.2) is 12.2 Å². The molecule has 0 bridgehead atoms. The molecular weight excluding hydrogens is 328 g/mol. The summed E-state index contributed by atoms with van der Waals surface area (Å²) in [6, 6.07) is 0. The lowest BCUT2D eigenvalue weighted by atomic mass is 10.1. The highest BCUT2D eigenvalue weighted by atomic mass is 28.4. The predicted molar refractivity (Wildman–Crippen MR) is 100 cm³/mol. The number of ether oxygens (including phenoxy) is 1. The maximum atomic E-state index is 11.9. The van der Waals surface area contributed by atoms with Crippen molar-refractivity contribution in [3.8, 4) is 0 Å². The van der Waals surface area contributed by atoms with Crippen molar-refractivity contribution in [1.82, 2.24) is 0 Å². The molecule has 7 heteroatoms. The monoisotopic (exact) mass is 362 g/mol. The average Bonchev–Trinajstić information content (AvgIpc) is 2.23. The molecule has 4 nitrogen and oxygen atoms in total. The summed E-state index contributed by atoms with van der Waals surface area (Å²) in [6.45, 7) is 22.4. The normalized spacial score (nSPS) is 15.5. The van der Waals surface area contributed by atoms with Crippen LogP contribution >= 0.6 is 0 Å². The standard InChI is InChI=1S/C15H34O4Si3/c1-12(2)11-14(17-15(16)13(3)4)22(9,10)19-20(5)18-21(6,7)8/h12,14,20H,3,11H2,1-2,4-10H3. The Morgan fingerprint density at radius 3 is 2.00 bits per heavy atom. The second kappa shape index (κ2) is 8.58. The molecule has 22 heavy (non-hydrogen) atoms. The van der Waals surface area contributed by atoms with Gasteiger partial charge in [-0.05, 0) is 58.5 Å². The van der Waals surface area contributed by atoms with Crippen molar-refractivity contribution in [3.63, 3.8) is 0 Å². The van der Waals surface area contributed by atoms with Crippen LogP contribution in [0.3, 0.4) is 0 Å². The van der Waals surface area contributed by atoms with Gasteiger partial charge in [-0.2, -0.15) is 0 Å². The topological polar surface area (TPSA) is 44.8 Å². The Kier molecular flexibility index (Phi) is 8.50. The van der Waals surface area contributed by atoms with Crippen LogP contribution in [0.5, 0.6) is 0 Å². The van der Waals surface area contributed by atoms with Gasteiger partial charge >= 0.3 is 5.97 Å². The molecule has 0 aromatic carbocycles. The van der Waals surface area contributed by atoms with Gasteiger partial charge in [-0.3, -0.25) is 0 Å². The molecule has 0 aliphatic heterocycles. The number of carbonyl (C=O) groups excluding carboxylic acids is 1. The van der Waals surface area contributed by atoms with Crippen molar-refractivity contribution >= 4 is 31.9 Å². The zero-order chi connectivity index (χ0) is 17.7. The summed E-state index contributed by atoms with van der Waals surface area (Å²) in [7, 11) is -5.51. The number of esters is 1. The molecule has 130 valence electrons. The van der Waals surface area contributed by atoms with Crippen molar-refractivity contribution in [2.45, 2.75) is 72.2 Å². The third-order valence-electron chi connectivity index (χ3n) is 3.05. The number of carbonyl (C=O) groups is 1. The van der Waals surface area contributed by atoms with Gasteiger partial charge in [-0.25, -0.2) is 4.79 Å². The second-order valence-electron chi connectivity index (χ2n) is 7.82. The SMILES string of the molecule is C=C(C)C(=O)OC(CC(C)C)[Si](C)(C)O[SiH](C)O[Si](C)(C)C. The zero-order valence-electron chi connectivity index (χ0n) is 15.8. The van der Waals surface area contributed by atoms with E-state index >= 15 is 0 Å². The first kappa shape index (κ1) is 21.8. The molecule has 0 amide bonds. The Bertz CT molecular complexity index is 389. The molecule has 2 atom stereocenters. The molecule has 0 heterocycles. The van der Waals surface area contributed by atoms with Crippen LogP contribution in [0.25, 0.3) is 0 Å². The van der Waals surface area contributed by atoms with E-state index in [0.29, 0.717) is 11.5 Å². The zero-order valence-corrected chi connectivity index (χ0v) is 18.9. The molecule has 0 aromatic rings. The third kappa shape index (κ3) is 9.04.